The summed E-state index contributed by atoms with van der Waals surface area (Å²) >= 11 is 0. The quantitative estimate of drug-likeness (QED) is 0.806. The molecule has 1 heterocycles. The van der Waals surface area contributed by atoms with Crippen LogP contribution < -0.4 is 0 Å². The van der Waals surface area contributed by atoms with Crippen molar-refractivity contribution in [3.05, 3.63) is 29.7 Å². The Labute approximate surface area is 78.0 Å². The highest BCUT2D eigenvalue weighted by Gasteiger charge is 2.16. The highest BCUT2D eigenvalue weighted by atomic mass is 19.3. The molecule has 0 amide bonds. The molecule has 2 aromatic rings. The molecule has 0 aliphatic heterocycles. The van der Waals surface area contributed by atoms with Gasteiger partial charge < -0.3 is 9.52 Å². The standard InChI is InChI=1S/C9H7F2NO2/c10-8(11)9-12-6-3-1-2-5(4-13)7(6)14-9/h1-3,8,13H,4H2. The van der Waals surface area contributed by atoms with Gasteiger partial charge >= 0.3 is 6.43 Å². The zero-order valence-corrected chi connectivity index (χ0v) is 7.08. The molecule has 0 atom stereocenters. The predicted molar refractivity (Wildman–Crippen MR) is 44.9 cm³/mol. The smallest absolute Gasteiger partial charge is 0.313 e. The third-order valence-corrected chi connectivity index (χ3v) is 1.87. The number of benzene rings is 1. The summed E-state index contributed by atoms with van der Waals surface area (Å²) in [7, 11) is 0. The Bertz CT molecular complexity index is 453. The Kier molecular flexibility index (Phi) is 2.17. The van der Waals surface area contributed by atoms with Crippen LogP contribution in [-0.4, -0.2) is 10.1 Å². The van der Waals surface area contributed by atoms with Gasteiger partial charge in [-0.15, -0.1) is 0 Å². The first-order valence-corrected chi connectivity index (χ1v) is 3.99. The minimum Gasteiger partial charge on any atom is -0.435 e. The summed E-state index contributed by atoms with van der Waals surface area (Å²) in [5.41, 5.74) is 1.03. The molecule has 5 heteroatoms. The Morgan fingerprint density at radius 1 is 1.43 bits per heavy atom. The monoisotopic (exact) mass is 199 g/mol. The van der Waals surface area contributed by atoms with E-state index in [1.54, 1.807) is 18.2 Å². The Hall–Kier alpha value is -1.49. The van der Waals surface area contributed by atoms with E-state index in [4.69, 9.17) is 9.52 Å². The van der Waals surface area contributed by atoms with Crippen molar-refractivity contribution in [1.29, 1.82) is 0 Å². The summed E-state index contributed by atoms with van der Waals surface area (Å²) in [6.07, 6.45) is -2.73. The van der Waals surface area contributed by atoms with E-state index in [1.165, 1.54) is 0 Å². The first kappa shape index (κ1) is 9.08. The van der Waals surface area contributed by atoms with Crippen molar-refractivity contribution in [3.8, 4) is 0 Å². The molecule has 0 saturated carbocycles. The maximum absolute atomic E-state index is 12.2. The molecule has 0 spiro atoms. The van der Waals surface area contributed by atoms with Crippen LogP contribution in [0.1, 0.15) is 17.9 Å². The van der Waals surface area contributed by atoms with Crippen molar-refractivity contribution in [2.75, 3.05) is 0 Å². The number of alkyl halides is 2. The summed E-state index contributed by atoms with van der Waals surface area (Å²) in [6, 6.07) is 4.79. The topological polar surface area (TPSA) is 46.3 Å². The number of nitrogens with zero attached hydrogens (tertiary/aromatic N) is 1. The summed E-state index contributed by atoms with van der Waals surface area (Å²) in [6.45, 7) is -0.255. The van der Waals surface area contributed by atoms with Crippen LogP contribution in [0.3, 0.4) is 0 Å². The van der Waals surface area contributed by atoms with Crippen molar-refractivity contribution < 1.29 is 18.3 Å². The van der Waals surface area contributed by atoms with Crippen LogP contribution in [0.4, 0.5) is 8.78 Å². The molecule has 1 aromatic carbocycles. The molecule has 0 fully saturated rings. The van der Waals surface area contributed by atoms with Crippen LogP contribution in [0.15, 0.2) is 22.6 Å². The summed E-state index contributed by atoms with van der Waals surface area (Å²) < 4.78 is 29.3. The SMILES string of the molecule is OCc1cccc2nc(C(F)F)oc12. The van der Waals surface area contributed by atoms with Gasteiger partial charge in [0.15, 0.2) is 5.58 Å². The summed E-state index contributed by atoms with van der Waals surface area (Å²) in [5, 5.41) is 8.91. The zero-order valence-electron chi connectivity index (χ0n) is 7.08. The number of para-hydroxylation sites is 1. The van der Waals surface area contributed by atoms with Gasteiger partial charge in [0.2, 0.25) is 0 Å². The summed E-state index contributed by atoms with van der Waals surface area (Å²) in [5.74, 6) is -0.610. The van der Waals surface area contributed by atoms with Crippen molar-refractivity contribution in [2.24, 2.45) is 0 Å². The Balaban J connectivity index is 2.64. The van der Waals surface area contributed by atoms with Gasteiger partial charge in [0.1, 0.15) is 5.52 Å². The minimum atomic E-state index is -2.73. The van der Waals surface area contributed by atoms with Crippen LogP contribution in [0.25, 0.3) is 11.1 Å². The van der Waals surface area contributed by atoms with Gasteiger partial charge in [-0.05, 0) is 6.07 Å². The van der Waals surface area contributed by atoms with E-state index in [2.05, 4.69) is 4.98 Å². The lowest BCUT2D eigenvalue weighted by Crippen LogP contribution is -1.81. The predicted octanol–water partition coefficient (Wildman–Crippen LogP) is 2.26. The second kappa shape index (κ2) is 3.34. The van der Waals surface area contributed by atoms with E-state index in [9.17, 15) is 8.78 Å². The highest BCUT2D eigenvalue weighted by Crippen LogP contribution is 2.25. The van der Waals surface area contributed by atoms with Crippen molar-refractivity contribution in [1.82, 2.24) is 4.98 Å². The van der Waals surface area contributed by atoms with Crippen LogP contribution >= 0.6 is 0 Å². The van der Waals surface area contributed by atoms with Crippen molar-refractivity contribution >= 4 is 11.1 Å². The number of aliphatic hydroxyl groups excluding tert-OH is 1. The molecule has 2 rings (SSSR count). The van der Waals surface area contributed by atoms with Gasteiger partial charge in [0, 0.05) is 5.56 Å². The van der Waals surface area contributed by atoms with E-state index in [0.717, 1.165) is 0 Å². The molecule has 1 aromatic heterocycles. The molecule has 3 nitrogen and oxygen atoms in total. The first-order valence-electron chi connectivity index (χ1n) is 3.99. The number of oxazole rings is 1. The van der Waals surface area contributed by atoms with E-state index >= 15 is 0 Å². The number of rotatable bonds is 2. The highest BCUT2D eigenvalue weighted by molar-refractivity contribution is 5.76. The molecule has 74 valence electrons. The lowest BCUT2D eigenvalue weighted by atomic mass is 10.2. The largest absolute Gasteiger partial charge is 0.435 e. The number of fused-ring (bicyclic) bond motifs is 1. The normalized spacial score (nSPS) is 11.4. The number of aliphatic hydroxyl groups is 1. The molecule has 0 bridgehead atoms. The van der Waals surface area contributed by atoms with Gasteiger partial charge in [-0.1, -0.05) is 12.1 Å². The van der Waals surface area contributed by atoms with Gasteiger partial charge in [-0.2, -0.15) is 8.78 Å². The molecular formula is C9H7F2NO2. The number of aromatic nitrogens is 1. The number of halogens is 2. The second-order valence-electron chi connectivity index (χ2n) is 2.78. The maximum Gasteiger partial charge on any atom is 0.313 e. The van der Waals surface area contributed by atoms with E-state index in [-0.39, 0.29) is 12.2 Å². The zero-order chi connectivity index (χ0) is 10.1. The van der Waals surface area contributed by atoms with Crippen molar-refractivity contribution in [2.45, 2.75) is 13.0 Å². The maximum atomic E-state index is 12.2. The molecule has 14 heavy (non-hydrogen) atoms. The summed E-state index contributed by atoms with van der Waals surface area (Å²) in [4.78, 5) is 3.59. The minimum absolute atomic E-state index is 0.227. The van der Waals surface area contributed by atoms with Gasteiger partial charge in [-0.3, -0.25) is 0 Å². The van der Waals surface area contributed by atoms with Gasteiger partial charge in [0.25, 0.3) is 5.89 Å². The molecule has 0 aliphatic carbocycles. The first-order chi connectivity index (χ1) is 6.72. The Morgan fingerprint density at radius 2 is 2.21 bits per heavy atom. The molecular weight excluding hydrogens is 192 g/mol. The van der Waals surface area contributed by atoms with Crippen LogP contribution in [0, 0.1) is 0 Å². The molecule has 1 N–H and O–H groups in total. The second-order valence-corrected chi connectivity index (χ2v) is 2.78. The lowest BCUT2D eigenvalue weighted by molar-refractivity contribution is 0.117. The van der Waals surface area contributed by atoms with Crippen LogP contribution in [0.5, 0.6) is 0 Å². The molecule has 0 radical (unpaired) electrons. The third kappa shape index (κ3) is 1.35. The third-order valence-electron chi connectivity index (χ3n) is 1.87. The van der Waals surface area contributed by atoms with Crippen molar-refractivity contribution in [3.63, 3.8) is 0 Å². The molecule has 0 aliphatic rings. The van der Waals surface area contributed by atoms with Crippen LogP contribution in [-0.2, 0) is 6.61 Å². The number of hydrogen-bond donors (Lipinski definition) is 1. The fourth-order valence-corrected chi connectivity index (χ4v) is 1.24. The van der Waals surface area contributed by atoms with Gasteiger partial charge in [0.05, 0.1) is 6.61 Å². The molecule has 0 unspecified atom stereocenters. The average molecular weight is 199 g/mol. The van der Waals surface area contributed by atoms with E-state index < -0.39 is 12.3 Å². The molecule has 0 saturated heterocycles. The fraction of sp³-hybridized carbons (Fsp3) is 0.222. The van der Waals surface area contributed by atoms with E-state index in [0.29, 0.717) is 11.1 Å². The van der Waals surface area contributed by atoms with E-state index in [1.807, 2.05) is 0 Å². The fourth-order valence-electron chi connectivity index (χ4n) is 1.24. The number of hydrogen-bond acceptors (Lipinski definition) is 3. The van der Waals surface area contributed by atoms with Crippen LogP contribution in [0.2, 0.25) is 0 Å². The Morgan fingerprint density at radius 3 is 2.86 bits per heavy atom. The van der Waals surface area contributed by atoms with Gasteiger partial charge in [-0.25, -0.2) is 4.98 Å². The lowest BCUT2D eigenvalue weighted by Gasteiger charge is -1.94. The average Bonchev–Trinajstić information content (AvgIpc) is 2.60.